The summed E-state index contributed by atoms with van der Waals surface area (Å²) in [6, 6.07) is 93.8. The van der Waals surface area contributed by atoms with Crippen LogP contribution in [-0.4, -0.2) is 9.13 Å². The Balaban J connectivity index is 0.912. The van der Waals surface area contributed by atoms with Gasteiger partial charge in [0.05, 0.1) is 22.1 Å². The molecule has 0 spiro atoms. The van der Waals surface area contributed by atoms with E-state index in [0.717, 1.165) is 5.69 Å². The maximum absolute atomic E-state index is 2.46. The standard InChI is InChI=1S/C66H42N2S/c1-4-15-43(16-5-1)47-27-31-63-58(39-47)59-41-49(29-33-64(59)68(63)54-30-34-66-60(42-54)56-24-11-13-26-65(56)69-66)48-28-32-62-57(40-48)55-23-10-12-25-61(55)67(62)53-22-14-21-46(38-53)52-36-50(44-17-6-2-7-18-44)35-51(37-52)45-19-8-3-9-20-45/h1-42H. The number of rotatable bonds is 7. The molecule has 0 N–H and O–H groups in total. The van der Waals surface area contributed by atoms with Crippen LogP contribution in [0.15, 0.2) is 255 Å². The van der Waals surface area contributed by atoms with Crippen molar-refractivity contribution in [1.82, 2.24) is 9.13 Å². The van der Waals surface area contributed by atoms with Gasteiger partial charge >= 0.3 is 0 Å². The first-order valence-electron chi connectivity index (χ1n) is 23.6. The molecule has 0 saturated carbocycles. The van der Waals surface area contributed by atoms with E-state index < -0.39 is 0 Å². The minimum atomic E-state index is 1.13. The van der Waals surface area contributed by atoms with Crippen molar-refractivity contribution in [3.05, 3.63) is 255 Å². The third kappa shape index (κ3) is 6.62. The molecular weight excluding hydrogens is 853 g/mol. The summed E-state index contributed by atoms with van der Waals surface area (Å²) < 4.78 is 7.53. The first kappa shape index (κ1) is 39.4. The van der Waals surface area contributed by atoms with Gasteiger partial charge in [0.1, 0.15) is 0 Å². The van der Waals surface area contributed by atoms with Gasteiger partial charge in [-0.05, 0) is 153 Å². The van der Waals surface area contributed by atoms with Crippen molar-refractivity contribution >= 4 is 75.1 Å². The largest absolute Gasteiger partial charge is 0.309 e. The predicted molar refractivity (Wildman–Crippen MR) is 295 cm³/mol. The lowest BCUT2D eigenvalue weighted by atomic mass is 9.93. The minimum absolute atomic E-state index is 1.13. The summed E-state index contributed by atoms with van der Waals surface area (Å²) in [6.45, 7) is 0. The van der Waals surface area contributed by atoms with Crippen LogP contribution in [0.3, 0.4) is 0 Å². The molecule has 0 radical (unpaired) electrons. The Morgan fingerprint density at radius 2 is 0.609 bits per heavy atom. The number of fused-ring (bicyclic) bond motifs is 9. The molecule has 0 aliphatic rings. The third-order valence-corrected chi connectivity index (χ3v) is 15.2. The fourth-order valence-corrected chi connectivity index (χ4v) is 11.9. The topological polar surface area (TPSA) is 9.86 Å². The van der Waals surface area contributed by atoms with Gasteiger partial charge in [0.15, 0.2) is 0 Å². The smallest absolute Gasteiger partial charge is 0.0541 e. The van der Waals surface area contributed by atoms with Gasteiger partial charge < -0.3 is 9.13 Å². The van der Waals surface area contributed by atoms with E-state index in [-0.39, 0.29) is 0 Å². The van der Waals surface area contributed by atoms with E-state index in [1.165, 1.54) is 125 Å². The van der Waals surface area contributed by atoms with Gasteiger partial charge in [-0.15, -0.1) is 11.3 Å². The molecule has 0 aliphatic heterocycles. The molecule has 0 saturated heterocycles. The molecule has 0 fully saturated rings. The first-order valence-corrected chi connectivity index (χ1v) is 24.5. The highest BCUT2D eigenvalue weighted by molar-refractivity contribution is 7.25. The number of nitrogens with zero attached hydrogens (tertiary/aromatic N) is 2. The molecule has 69 heavy (non-hydrogen) atoms. The van der Waals surface area contributed by atoms with E-state index in [1.54, 1.807) is 0 Å². The summed E-state index contributed by atoms with van der Waals surface area (Å²) in [5, 5.41) is 7.56. The zero-order valence-corrected chi connectivity index (χ0v) is 38.4. The lowest BCUT2D eigenvalue weighted by Gasteiger charge is -2.14. The Hall–Kier alpha value is -8.76. The molecule has 3 heterocycles. The Morgan fingerprint density at radius 3 is 1.20 bits per heavy atom. The Kier molecular flexibility index (Phi) is 9.11. The van der Waals surface area contributed by atoms with E-state index in [1.807, 2.05) is 11.3 Å². The molecule has 322 valence electrons. The van der Waals surface area contributed by atoms with Crippen molar-refractivity contribution in [3.8, 4) is 67.0 Å². The molecule has 3 heteroatoms. The summed E-state index contributed by atoms with van der Waals surface area (Å²) in [6.07, 6.45) is 0. The van der Waals surface area contributed by atoms with E-state index >= 15 is 0 Å². The summed E-state index contributed by atoms with van der Waals surface area (Å²) in [4.78, 5) is 0. The van der Waals surface area contributed by atoms with E-state index in [9.17, 15) is 0 Å². The van der Waals surface area contributed by atoms with Crippen molar-refractivity contribution in [1.29, 1.82) is 0 Å². The molecule has 14 rings (SSSR count). The van der Waals surface area contributed by atoms with Crippen LogP contribution in [-0.2, 0) is 0 Å². The van der Waals surface area contributed by atoms with Crippen molar-refractivity contribution in [2.24, 2.45) is 0 Å². The Labute approximate surface area is 403 Å². The van der Waals surface area contributed by atoms with Crippen LogP contribution in [0.25, 0.3) is 131 Å². The van der Waals surface area contributed by atoms with Crippen molar-refractivity contribution in [3.63, 3.8) is 0 Å². The Morgan fingerprint density at radius 1 is 0.203 bits per heavy atom. The van der Waals surface area contributed by atoms with Gasteiger partial charge in [-0.3, -0.25) is 0 Å². The maximum atomic E-state index is 2.46. The fraction of sp³-hybridized carbons (Fsp3) is 0. The Bertz CT molecular complexity index is 4230. The number of thiophene rings is 1. The van der Waals surface area contributed by atoms with Crippen LogP contribution in [0.4, 0.5) is 0 Å². The minimum Gasteiger partial charge on any atom is -0.309 e. The van der Waals surface area contributed by atoms with Crippen LogP contribution >= 0.6 is 11.3 Å². The normalized spacial score (nSPS) is 11.8. The zero-order valence-electron chi connectivity index (χ0n) is 37.6. The summed E-state index contributed by atoms with van der Waals surface area (Å²) in [5.41, 5.74) is 19.1. The highest BCUT2D eigenvalue weighted by Gasteiger charge is 2.19. The molecule has 2 nitrogen and oxygen atoms in total. The monoisotopic (exact) mass is 894 g/mol. The zero-order chi connectivity index (χ0) is 45.4. The number of hydrogen-bond acceptors (Lipinski definition) is 1. The summed E-state index contributed by atoms with van der Waals surface area (Å²) in [7, 11) is 0. The molecule has 0 aliphatic carbocycles. The SMILES string of the molecule is c1ccc(-c2cc(-c3ccccc3)cc(-c3cccc(-n4c5ccccc5c5cc(-c6ccc7c(c6)c6cc(-c8ccccc8)ccc6n7-c6ccc7sc8ccccc8c7c6)ccc54)c3)c2)cc1. The second kappa shape index (κ2) is 16.0. The first-order chi connectivity index (χ1) is 34.2. The molecular formula is C66H42N2S. The molecule has 3 aromatic heterocycles. The fourth-order valence-electron chi connectivity index (χ4n) is 10.8. The number of hydrogen-bond donors (Lipinski definition) is 0. The van der Waals surface area contributed by atoms with Crippen LogP contribution in [0.5, 0.6) is 0 Å². The third-order valence-electron chi connectivity index (χ3n) is 14.1. The van der Waals surface area contributed by atoms with Crippen molar-refractivity contribution < 1.29 is 0 Å². The van der Waals surface area contributed by atoms with E-state index in [2.05, 4.69) is 264 Å². The van der Waals surface area contributed by atoms with Crippen LogP contribution < -0.4 is 0 Å². The van der Waals surface area contributed by atoms with Gasteiger partial charge in [0.25, 0.3) is 0 Å². The molecule has 0 amide bonds. The van der Waals surface area contributed by atoms with Crippen LogP contribution in [0.2, 0.25) is 0 Å². The van der Waals surface area contributed by atoms with Gasteiger partial charge in [-0.25, -0.2) is 0 Å². The van der Waals surface area contributed by atoms with E-state index in [4.69, 9.17) is 0 Å². The molecule has 0 unspecified atom stereocenters. The van der Waals surface area contributed by atoms with Gasteiger partial charge in [-0.1, -0.05) is 158 Å². The molecule has 14 aromatic rings. The molecule has 0 atom stereocenters. The van der Waals surface area contributed by atoms with Gasteiger partial charge in [-0.2, -0.15) is 0 Å². The summed E-state index contributed by atoms with van der Waals surface area (Å²) in [5.74, 6) is 0. The highest BCUT2D eigenvalue weighted by atomic mass is 32.1. The lowest BCUT2D eigenvalue weighted by Crippen LogP contribution is -1.95. The van der Waals surface area contributed by atoms with Crippen molar-refractivity contribution in [2.75, 3.05) is 0 Å². The highest BCUT2D eigenvalue weighted by Crippen LogP contribution is 2.42. The second-order valence-corrected chi connectivity index (χ2v) is 19.2. The van der Waals surface area contributed by atoms with Gasteiger partial charge in [0, 0.05) is 53.1 Å². The predicted octanol–water partition coefficient (Wildman–Crippen LogP) is 18.6. The van der Waals surface area contributed by atoms with Crippen molar-refractivity contribution in [2.45, 2.75) is 0 Å². The summed E-state index contributed by atoms with van der Waals surface area (Å²) >= 11 is 1.86. The van der Waals surface area contributed by atoms with Crippen LogP contribution in [0, 0.1) is 0 Å². The van der Waals surface area contributed by atoms with Gasteiger partial charge in [0.2, 0.25) is 0 Å². The lowest BCUT2D eigenvalue weighted by molar-refractivity contribution is 1.18. The van der Waals surface area contributed by atoms with Crippen LogP contribution in [0.1, 0.15) is 0 Å². The molecule has 11 aromatic carbocycles. The average molecular weight is 895 g/mol. The second-order valence-electron chi connectivity index (χ2n) is 18.1. The maximum Gasteiger partial charge on any atom is 0.0541 e. The quantitative estimate of drug-likeness (QED) is 0.151. The molecule has 0 bridgehead atoms. The number of aromatic nitrogens is 2. The number of benzene rings is 11. The number of para-hydroxylation sites is 1. The van der Waals surface area contributed by atoms with E-state index in [0.29, 0.717) is 0 Å². The average Bonchev–Trinajstić information content (AvgIpc) is 4.08.